The summed E-state index contributed by atoms with van der Waals surface area (Å²) in [6.07, 6.45) is 6.20. The van der Waals surface area contributed by atoms with Crippen LogP contribution in [-0.2, 0) is 0 Å². The van der Waals surface area contributed by atoms with E-state index in [9.17, 15) is 0 Å². The third-order valence-corrected chi connectivity index (χ3v) is 4.76. The lowest BCUT2D eigenvalue weighted by Crippen LogP contribution is -2.18. The zero-order valence-corrected chi connectivity index (χ0v) is 12.2. The van der Waals surface area contributed by atoms with Gasteiger partial charge in [-0.05, 0) is 18.9 Å². The number of hydrogen-bond donors (Lipinski definition) is 1. The number of benzene rings is 1. The molecule has 3 aromatic heterocycles. The lowest BCUT2D eigenvalue weighted by Gasteiger charge is -2.24. The first-order chi connectivity index (χ1) is 10.9. The van der Waals surface area contributed by atoms with E-state index in [0.717, 1.165) is 27.5 Å². The van der Waals surface area contributed by atoms with Crippen molar-refractivity contribution in [1.29, 1.82) is 0 Å². The number of fused-ring (bicyclic) bond motifs is 2. The van der Waals surface area contributed by atoms with Crippen LogP contribution in [0.15, 0.2) is 24.3 Å². The molecule has 0 unspecified atom stereocenters. The molecule has 1 aromatic carbocycles. The summed E-state index contributed by atoms with van der Waals surface area (Å²) in [5, 5.41) is 19.3. The van der Waals surface area contributed by atoms with Gasteiger partial charge in [-0.3, -0.25) is 0 Å². The SMILES string of the molecule is c1ccc2c(c1)[nH]c1nnc3nnn(C4CCCCC4)c2c31. The molecule has 5 rings (SSSR count). The van der Waals surface area contributed by atoms with Crippen LogP contribution in [0.2, 0.25) is 0 Å². The molecular weight excluding hydrogens is 276 g/mol. The number of aromatic amines is 1. The highest BCUT2D eigenvalue weighted by molar-refractivity contribution is 6.14. The Bertz CT molecular complexity index is 975. The monoisotopic (exact) mass is 292 g/mol. The van der Waals surface area contributed by atoms with Gasteiger partial charge in [0.05, 0.1) is 16.9 Å². The Hall–Kier alpha value is -2.50. The molecule has 1 aliphatic carbocycles. The molecule has 1 aliphatic rings. The van der Waals surface area contributed by atoms with Crippen LogP contribution in [0.4, 0.5) is 0 Å². The second kappa shape index (κ2) is 4.50. The molecule has 1 saturated carbocycles. The predicted molar refractivity (Wildman–Crippen MR) is 84.6 cm³/mol. The summed E-state index contributed by atoms with van der Waals surface area (Å²) in [5.41, 5.74) is 3.60. The first kappa shape index (κ1) is 12.1. The standard InChI is InChI=1S/C16H16N6/c1-2-6-10(7-3-1)22-14-11-8-4-5-9-12(11)17-15-13(14)16(19-18-15)20-21-22/h4-5,8-10H,1-3,6-7H2,(H,17,18,19). The van der Waals surface area contributed by atoms with E-state index in [4.69, 9.17) is 0 Å². The van der Waals surface area contributed by atoms with Crippen LogP contribution < -0.4 is 0 Å². The summed E-state index contributed by atoms with van der Waals surface area (Å²) in [7, 11) is 0. The third-order valence-electron chi connectivity index (χ3n) is 4.76. The van der Waals surface area contributed by atoms with E-state index in [-0.39, 0.29) is 0 Å². The fourth-order valence-corrected chi connectivity index (χ4v) is 3.69. The zero-order valence-electron chi connectivity index (χ0n) is 12.2. The van der Waals surface area contributed by atoms with E-state index in [1.807, 2.05) is 6.07 Å². The van der Waals surface area contributed by atoms with Crippen molar-refractivity contribution >= 4 is 33.1 Å². The van der Waals surface area contributed by atoms with E-state index in [2.05, 4.69) is 48.4 Å². The minimum Gasteiger partial charge on any atom is -0.337 e. The van der Waals surface area contributed by atoms with Crippen LogP contribution in [0.3, 0.4) is 0 Å². The normalized spacial score (nSPS) is 16.9. The van der Waals surface area contributed by atoms with Crippen molar-refractivity contribution < 1.29 is 0 Å². The maximum atomic E-state index is 4.48. The fraction of sp³-hybridized carbons (Fsp3) is 0.375. The Kier molecular flexibility index (Phi) is 2.47. The molecule has 110 valence electrons. The Morgan fingerprint density at radius 1 is 1.00 bits per heavy atom. The van der Waals surface area contributed by atoms with Crippen molar-refractivity contribution in [3.63, 3.8) is 0 Å². The summed E-state index contributed by atoms with van der Waals surface area (Å²) < 4.78 is 2.12. The Morgan fingerprint density at radius 3 is 2.77 bits per heavy atom. The van der Waals surface area contributed by atoms with Gasteiger partial charge >= 0.3 is 0 Å². The fourth-order valence-electron chi connectivity index (χ4n) is 3.69. The predicted octanol–water partition coefficient (Wildman–Crippen LogP) is 3.36. The summed E-state index contributed by atoms with van der Waals surface area (Å²) in [6.45, 7) is 0. The lowest BCUT2D eigenvalue weighted by molar-refractivity contribution is 0.328. The Balaban J connectivity index is 1.93. The first-order valence-corrected chi connectivity index (χ1v) is 7.90. The Morgan fingerprint density at radius 2 is 1.86 bits per heavy atom. The summed E-state index contributed by atoms with van der Waals surface area (Å²) in [6, 6.07) is 8.73. The number of para-hydroxylation sites is 1. The number of rotatable bonds is 1. The van der Waals surface area contributed by atoms with E-state index < -0.39 is 0 Å². The maximum absolute atomic E-state index is 4.48. The molecule has 6 nitrogen and oxygen atoms in total. The molecule has 0 spiro atoms. The third kappa shape index (κ3) is 1.60. The number of H-pyrrole nitrogens is 1. The van der Waals surface area contributed by atoms with Crippen LogP contribution in [0.5, 0.6) is 0 Å². The van der Waals surface area contributed by atoms with Gasteiger partial charge in [-0.25, -0.2) is 4.68 Å². The molecule has 3 heterocycles. The van der Waals surface area contributed by atoms with E-state index >= 15 is 0 Å². The smallest absolute Gasteiger partial charge is 0.211 e. The zero-order chi connectivity index (χ0) is 14.5. The molecule has 0 radical (unpaired) electrons. The van der Waals surface area contributed by atoms with Gasteiger partial charge in [-0.15, -0.1) is 15.3 Å². The highest BCUT2D eigenvalue weighted by atomic mass is 15.4. The average Bonchev–Trinajstić information content (AvgIpc) is 3.00. The second-order valence-electron chi connectivity index (χ2n) is 6.09. The molecule has 4 aromatic rings. The van der Waals surface area contributed by atoms with E-state index in [0.29, 0.717) is 11.7 Å². The number of aromatic nitrogens is 6. The number of nitrogens with one attached hydrogen (secondary N) is 1. The van der Waals surface area contributed by atoms with Crippen molar-refractivity contribution in [3.8, 4) is 0 Å². The minimum atomic E-state index is 0.426. The summed E-state index contributed by atoms with van der Waals surface area (Å²) in [4.78, 5) is 3.36. The molecule has 0 bridgehead atoms. The van der Waals surface area contributed by atoms with E-state index in [1.165, 1.54) is 32.1 Å². The largest absolute Gasteiger partial charge is 0.337 e. The van der Waals surface area contributed by atoms with Crippen molar-refractivity contribution in [1.82, 2.24) is 30.2 Å². The van der Waals surface area contributed by atoms with Gasteiger partial charge in [0.2, 0.25) is 5.65 Å². The van der Waals surface area contributed by atoms with Gasteiger partial charge in [0, 0.05) is 10.9 Å². The van der Waals surface area contributed by atoms with Crippen molar-refractivity contribution in [2.24, 2.45) is 0 Å². The molecule has 0 saturated heterocycles. The van der Waals surface area contributed by atoms with Crippen LogP contribution >= 0.6 is 0 Å². The molecular formula is C16H16N6. The van der Waals surface area contributed by atoms with Crippen LogP contribution in [-0.4, -0.2) is 30.2 Å². The topological polar surface area (TPSA) is 72.3 Å². The molecule has 6 heteroatoms. The van der Waals surface area contributed by atoms with Crippen LogP contribution in [0.1, 0.15) is 38.1 Å². The molecule has 0 aliphatic heterocycles. The first-order valence-electron chi connectivity index (χ1n) is 7.90. The number of hydrogen-bond acceptors (Lipinski definition) is 4. The average molecular weight is 292 g/mol. The quantitative estimate of drug-likeness (QED) is 0.546. The summed E-state index contributed by atoms with van der Waals surface area (Å²) in [5.74, 6) is 0. The molecule has 1 fully saturated rings. The number of pyridine rings is 1. The van der Waals surface area contributed by atoms with Gasteiger partial charge in [-0.1, -0.05) is 42.7 Å². The van der Waals surface area contributed by atoms with Gasteiger partial charge < -0.3 is 4.98 Å². The second-order valence-corrected chi connectivity index (χ2v) is 6.09. The molecule has 1 N–H and O–H groups in total. The van der Waals surface area contributed by atoms with Gasteiger partial charge in [0.25, 0.3) is 0 Å². The highest BCUT2D eigenvalue weighted by Crippen LogP contribution is 2.34. The molecule has 0 atom stereocenters. The Labute approximate surface area is 126 Å². The molecule has 0 amide bonds. The number of nitrogens with zero attached hydrogens (tertiary/aromatic N) is 5. The van der Waals surface area contributed by atoms with Crippen molar-refractivity contribution in [2.75, 3.05) is 0 Å². The van der Waals surface area contributed by atoms with Gasteiger partial charge in [0.15, 0.2) is 5.65 Å². The van der Waals surface area contributed by atoms with Gasteiger partial charge in [-0.2, -0.15) is 0 Å². The highest BCUT2D eigenvalue weighted by Gasteiger charge is 2.22. The lowest BCUT2D eigenvalue weighted by atomic mass is 9.95. The minimum absolute atomic E-state index is 0.426. The van der Waals surface area contributed by atoms with Gasteiger partial charge in [0.1, 0.15) is 0 Å². The maximum Gasteiger partial charge on any atom is 0.211 e. The van der Waals surface area contributed by atoms with Crippen molar-refractivity contribution in [2.45, 2.75) is 38.1 Å². The van der Waals surface area contributed by atoms with Crippen LogP contribution in [0, 0.1) is 0 Å². The summed E-state index contributed by atoms with van der Waals surface area (Å²) >= 11 is 0. The van der Waals surface area contributed by atoms with E-state index in [1.54, 1.807) is 0 Å². The van der Waals surface area contributed by atoms with Crippen LogP contribution in [0.25, 0.3) is 33.1 Å². The van der Waals surface area contributed by atoms with Crippen molar-refractivity contribution in [3.05, 3.63) is 24.3 Å². The molecule has 22 heavy (non-hydrogen) atoms.